The highest BCUT2D eigenvalue weighted by molar-refractivity contribution is 5.89. The van der Waals surface area contributed by atoms with Crippen molar-refractivity contribution in [3.05, 3.63) is 11.8 Å². The monoisotopic (exact) mass is 253 g/mol. The third-order valence-corrected chi connectivity index (χ3v) is 2.95. The van der Waals surface area contributed by atoms with Crippen LogP contribution in [0.1, 0.15) is 44.8 Å². The van der Waals surface area contributed by atoms with E-state index in [1.165, 1.54) is 0 Å². The number of nitrogens with two attached hydrogens (primary N) is 1. The molecule has 0 spiro atoms. The number of aromatic nitrogens is 1. The van der Waals surface area contributed by atoms with Gasteiger partial charge in [-0.25, -0.2) is 0 Å². The quantitative estimate of drug-likeness (QED) is 0.745. The van der Waals surface area contributed by atoms with Gasteiger partial charge in [-0.2, -0.15) is 0 Å². The average molecular weight is 253 g/mol. The average Bonchev–Trinajstić information content (AvgIpc) is 2.72. The Morgan fingerprint density at radius 2 is 2.28 bits per heavy atom. The highest BCUT2D eigenvalue weighted by Gasteiger charge is 2.11. The molecule has 0 radical (unpaired) electrons. The minimum atomic E-state index is -0.0126. The van der Waals surface area contributed by atoms with Crippen LogP contribution in [0.2, 0.25) is 0 Å². The van der Waals surface area contributed by atoms with Gasteiger partial charge in [-0.1, -0.05) is 24.9 Å². The maximum absolute atomic E-state index is 11.7. The minimum absolute atomic E-state index is 0.0126. The van der Waals surface area contributed by atoms with E-state index in [-0.39, 0.29) is 5.91 Å². The van der Waals surface area contributed by atoms with Crippen LogP contribution < -0.4 is 11.1 Å². The molecule has 0 saturated carbocycles. The third kappa shape index (κ3) is 5.31. The molecule has 5 heteroatoms. The van der Waals surface area contributed by atoms with Crippen LogP contribution in [-0.4, -0.2) is 17.6 Å². The molecule has 5 nitrogen and oxygen atoms in total. The summed E-state index contributed by atoms with van der Waals surface area (Å²) in [6, 6.07) is 1.71. The number of hydrogen-bond donors (Lipinski definition) is 2. The van der Waals surface area contributed by atoms with Crippen LogP contribution in [0, 0.1) is 12.8 Å². The van der Waals surface area contributed by atoms with Crippen molar-refractivity contribution in [2.75, 3.05) is 11.9 Å². The smallest absolute Gasteiger partial charge is 0.225 e. The van der Waals surface area contributed by atoms with Crippen molar-refractivity contribution in [3.8, 4) is 0 Å². The summed E-state index contributed by atoms with van der Waals surface area (Å²) in [4.78, 5) is 11.7. The first-order valence-corrected chi connectivity index (χ1v) is 6.59. The predicted molar refractivity (Wildman–Crippen MR) is 71.2 cm³/mol. The lowest BCUT2D eigenvalue weighted by Gasteiger charge is -2.14. The molecule has 1 unspecified atom stereocenters. The Labute approximate surface area is 108 Å². The Balaban J connectivity index is 2.30. The van der Waals surface area contributed by atoms with E-state index >= 15 is 0 Å². The molecular formula is C13H23N3O2. The number of carbonyl (C=O) groups is 1. The third-order valence-electron chi connectivity index (χ3n) is 2.95. The van der Waals surface area contributed by atoms with E-state index in [1.54, 1.807) is 13.0 Å². The first kappa shape index (κ1) is 14.7. The molecule has 102 valence electrons. The maximum Gasteiger partial charge on any atom is 0.225 e. The summed E-state index contributed by atoms with van der Waals surface area (Å²) in [6.07, 6.45) is 4.65. The van der Waals surface area contributed by atoms with E-state index in [1.807, 2.05) is 0 Å². The molecule has 1 aromatic heterocycles. The van der Waals surface area contributed by atoms with Crippen LogP contribution in [0.5, 0.6) is 0 Å². The van der Waals surface area contributed by atoms with Gasteiger partial charge in [0.25, 0.3) is 0 Å². The van der Waals surface area contributed by atoms with Gasteiger partial charge in [0.15, 0.2) is 5.82 Å². The van der Waals surface area contributed by atoms with Crippen LogP contribution >= 0.6 is 0 Å². The molecule has 1 atom stereocenters. The number of anilines is 1. The number of carbonyl (C=O) groups excluding carboxylic acids is 1. The van der Waals surface area contributed by atoms with Crippen LogP contribution in [0.15, 0.2) is 10.6 Å². The molecule has 1 aromatic rings. The van der Waals surface area contributed by atoms with Crippen molar-refractivity contribution in [2.24, 2.45) is 11.7 Å². The molecule has 0 aromatic carbocycles. The molecular weight excluding hydrogens is 230 g/mol. The molecule has 0 bridgehead atoms. The van der Waals surface area contributed by atoms with Crippen molar-refractivity contribution < 1.29 is 9.32 Å². The van der Waals surface area contributed by atoms with Gasteiger partial charge in [0, 0.05) is 12.5 Å². The van der Waals surface area contributed by atoms with Gasteiger partial charge < -0.3 is 15.6 Å². The maximum atomic E-state index is 11.7. The zero-order chi connectivity index (χ0) is 13.4. The zero-order valence-electron chi connectivity index (χ0n) is 11.2. The summed E-state index contributed by atoms with van der Waals surface area (Å²) < 4.78 is 4.89. The molecule has 0 aliphatic heterocycles. The molecule has 3 N–H and O–H groups in total. The lowest BCUT2D eigenvalue weighted by Crippen LogP contribution is -2.15. The first-order chi connectivity index (χ1) is 8.65. The van der Waals surface area contributed by atoms with Crippen LogP contribution in [0.4, 0.5) is 5.82 Å². The van der Waals surface area contributed by atoms with E-state index in [0.29, 0.717) is 30.5 Å². The van der Waals surface area contributed by atoms with Crippen molar-refractivity contribution in [1.29, 1.82) is 0 Å². The van der Waals surface area contributed by atoms with Gasteiger partial charge in [-0.05, 0) is 32.2 Å². The van der Waals surface area contributed by atoms with Crippen LogP contribution in [0.25, 0.3) is 0 Å². The second-order valence-corrected chi connectivity index (χ2v) is 4.64. The summed E-state index contributed by atoms with van der Waals surface area (Å²) in [5.41, 5.74) is 5.57. The number of nitrogens with zero attached hydrogens (tertiary/aromatic N) is 1. The van der Waals surface area contributed by atoms with Gasteiger partial charge in [-0.3, -0.25) is 4.79 Å². The van der Waals surface area contributed by atoms with Gasteiger partial charge >= 0.3 is 0 Å². The van der Waals surface area contributed by atoms with Crippen molar-refractivity contribution in [2.45, 2.75) is 46.0 Å². The largest absolute Gasteiger partial charge is 0.360 e. The van der Waals surface area contributed by atoms with Crippen molar-refractivity contribution in [1.82, 2.24) is 5.16 Å². The highest BCUT2D eigenvalue weighted by atomic mass is 16.5. The summed E-state index contributed by atoms with van der Waals surface area (Å²) >= 11 is 0. The van der Waals surface area contributed by atoms with E-state index in [4.69, 9.17) is 10.3 Å². The molecule has 18 heavy (non-hydrogen) atoms. The number of aryl methyl sites for hydroxylation is 1. The molecule has 0 aliphatic rings. The predicted octanol–water partition coefficient (Wildman–Crippen LogP) is 2.47. The topological polar surface area (TPSA) is 81.2 Å². The second-order valence-electron chi connectivity index (χ2n) is 4.64. The normalized spacial score (nSPS) is 12.4. The van der Waals surface area contributed by atoms with E-state index in [2.05, 4.69) is 17.4 Å². The number of rotatable bonds is 8. The SMILES string of the molecule is CCCC(CCN)CCC(=O)Nc1cc(C)on1. The summed E-state index contributed by atoms with van der Waals surface area (Å²) in [7, 11) is 0. The lowest BCUT2D eigenvalue weighted by atomic mass is 9.94. The Kier molecular flexibility index (Phi) is 6.43. The second kappa shape index (κ2) is 7.87. The van der Waals surface area contributed by atoms with Crippen molar-refractivity contribution in [3.63, 3.8) is 0 Å². The highest BCUT2D eigenvalue weighted by Crippen LogP contribution is 2.17. The fraction of sp³-hybridized carbons (Fsp3) is 0.692. The Morgan fingerprint density at radius 1 is 1.50 bits per heavy atom. The lowest BCUT2D eigenvalue weighted by molar-refractivity contribution is -0.116. The fourth-order valence-electron chi connectivity index (χ4n) is 2.04. The molecule has 0 fully saturated rings. The summed E-state index contributed by atoms with van der Waals surface area (Å²) in [6.45, 7) is 4.64. The zero-order valence-corrected chi connectivity index (χ0v) is 11.2. The molecule has 1 rings (SSSR count). The van der Waals surface area contributed by atoms with Gasteiger partial charge in [0.2, 0.25) is 5.91 Å². The molecule has 1 amide bonds. The number of hydrogen-bond acceptors (Lipinski definition) is 4. The fourth-order valence-corrected chi connectivity index (χ4v) is 2.04. The van der Waals surface area contributed by atoms with E-state index < -0.39 is 0 Å². The standard InChI is InChI=1S/C13H23N3O2/c1-3-4-11(7-8-14)5-6-13(17)15-12-9-10(2)18-16-12/h9,11H,3-8,14H2,1-2H3,(H,15,16,17). The minimum Gasteiger partial charge on any atom is -0.360 e. The van der Waals surface area contributed by atoms with Gasteiger partial charge in [0.05, 0.1) is 0 Å². The molecule has 0 aliphatic carbocycles. The number of amides is 1. The molecule has 0 saturated heterocycles. The Bertz CT molecular complexity index is 357. The van der Waals surface area contributed by atoms with Crippen LogP contribution in [-0.2, 0) is 4.79 Å². The van der Waals surface area contributed by atoms with E-state index in [0.717, 1.165) is 25.7 Å². The first-order valence-electron chi connectivity index (χ1n) is 6.59. The Morgan fingerprint density at radius 3 is 2.83 bits per heavy atom. The summed E-state index contributed by atoms with van der Waals surface area (Å²) in [5, 5.41) is 6.46. The Hall–Kier alpha value is -1.36. The van der Waals surface area contributed by atoms with Crippen molar-refractivity contribution >= 4 is 11.7 Å². The number of nitrogens with one attached hydrogen (secondary N) is 1. The van der Waals surface area contributed by atoms with Gasteiger partial charge in [0.1, 0.15) is 5.76 Å². The summed E-state index contributed by atoms with van der Waals surface area (Å²) in [5.74, 6) is 1.71. The van der Waals surface area contributed by atoms with E-state index in [9.17, 15) is 4.79 Å². The van der Waals surface area contributed by atoms with Gasteiger partial charge in [-0.15, -0.1) is 0 Å². The molecule has 1 heterocycles. The van der Waals surface area contributed by atoms with Crippen LogP contribution in [0.3, 0.4) is 0 Å².